The molecular formula is C14H23NO5. The Labute approximate surface area is 119 Å². The molecule has 0 fully saturated rings. The summed E-state index contributed by atoms with van der Waals surface area (Å²) in [5.74, 6) is -2.13. The molecule has 0 saturated heterocycles. The molecule has 0 rings (SSSR count). The first-order valence-electron chi connectivity index (χ1n) is 6.56. The van der Waals surface area contributed by atoms with Gasteiger partial charge in [0.05, 0.1) is 13.2 Å². The van der Waals surface area contributed by atoms with E-state index < -0.39 is 23.4 Å². The molecule has 114 valence electrons. The smallest absolute Gasteiger partial charge is 0.344 e. The van der Waals surface area contributed by atoms with Crippen molar-refractivity contribution >= 4 is 17.8 Å². The first-order chi connectivity index (χ1) is 9.30. The Balaban J connectivity index is 5.60. The van der Waals surface area contributed by atoms with Crippen LogP contribution in [0, 0.1) is 0 Å². The molecule has 0 aromatic heterocycles. The summed E-state index contributed by atoms with van der Waals surface area (Å²) >= 11 is 0. The summed E-state index contributed by atoms with van der Waals surface area (Å²) in [5, 5.41) is 2.39. The van der Waals surface area contributed by atoms with E-state index in [0.717, 1.165) is 5.57 Å². The zero-order valence-corrected chi connectivity index (χ0v) is 12.7. The van der Waals surface area contributed by atoms with Gasteiger partial charge >= 0.3 is 11.9 Å². The van der Waals surface area contributed by atoms with Crippen molar-refractivity contribution in [3.8, 4) is 0 Å². The molecule has 0 spiro atoms. The molecule has 0 aliphatic rings. The number of hydrogen-bond donors (Lipinski definition) is 1. The molecular weight excluding hydrogens is 262 g/mol. The molecule has 0 radical (unpaired) electrons. The van der Waals surface area contributed by atoms with Gasteiger partial charge < -0.3 is 14.8 Å². The minimum Gasteiger partial charge on any atom is -0.464 e. The highest BCUT2D eigenvalue weighted by molar-refractivity contribution is 6.07. The second-order valence-corrected chi connectivity index (χ2v) is 4.51. The van der Waals surface area contributed by atoms with Crippen molar-refractivity contribution in [3.63, 3.8) is 0 Å². The molecule has 0 unspecified atom stereocenters. The topological polar surface area (TPSA) is 81.7 Å². The number of carbonyl (C=O) groups excluding carboxylic acids is 3. The quantitative estimate of drug-likeness (QED) is 0.434. The Hall–Kier alpha value is -1.85. The van der Waals surface area contributed by atoms with Gasteiger partial charge in [0.25, 0.3) is 0 Å². The second-order valence-electron chi connectivity index (χ2n) is 4.51. The van der Waals surface area contributed by atoms with Crippen LogP contribution in [0.3, 0.4) is 0 Å². The van der Waals surface area contributed by atoms with E-state index in [1.54, 1.807) is 19.9 Å². The molecule has 0 aromatic rings. The number of ether oxygens (including phenoxy) is 2. The van der Waals surface area contributed by atoms with Gasteiger partial charge in [0.1, 0.15) is 0 Å². The Kier molecular flexibility index (Phi) is 7.57. The molecule has 20 heavy (non-hydrogen) atoms. The maximum absolute atomic E-state index is 12.2. The van der Waals surface area contributed by atoms with Crippen molar-refractivity contribution < 1.29 is 23.9 Å². The van der Waals surface area contributed by atoms with E-state index in [0.29, 0.717) is 0 Å². The molecule has 1 N–H and O–H groups in total. The fourth-order valence-electron chi connectivity index (χ4n) is 1.57. The minimum atomic E-state index is -1.82. The number of carbonyl (C=O) groups is 3. The van der Waals surface area contributed by atoms with Crippen molar-refractivity contribution in [1.29, 1.82) is 0 Å². The first-order valence-corrected chi connectivity index (χ1v) is 6.56. The van der Waals surface area contributed by atoms with E-state index in [9.17, 15) is 14.4 Å². The molecule has 0 aliphatic carbocycles. The third-order valence-corrected chi connectivity index (χ3v) is 2.45. The van der Waals surface area contributed by atoms with Crippen LogP contribution in [0.25, 0.3) is 0 Å². The van der Waals surface area contributed by atoms with E-state index in [4.69, 9.17) is 9.47 Å². The Bertz CT molecular complexity index is 378. The van der Waals surface area contributed by atoms with Crippen molar-refractivity contribution in [3.05, 3.63) is 11.6 Å². The highest BCUT2D eigenvalue weighted by atomic mass is 16.6. The lowest BCUT2D eigenvalue weighted by Crippen LogP contribution is -2.60. The number of nitrogens with one attached hydrogen (secondary N) is 1. The van der Waals surface area contributed by atoms with Crippen molar-refractivity contribution in [2.75, 3.05) is 13.2 Å². The third-order valence-electron chi connectivity index (χ3n) is 2.45. The Morgan fingerprint density at radius 3 is 1.75 bits per heavy atom. The van der Waals surface area contributed by atoms with Gasteiger partial charge in [-0.1, -0.05) is 11.6 Å². The van der Waals surface area contributed by atoms with E-state index in [-0.39, 0.29) is 19.6 Å². The average Bonchev–Trinajstić information content (AvgIpc) is 2.34. The number of rotatable bonds is 7. The summed E-state index contributed by atoms with van der Waals surface area (Å²) in [6.45, 7) is 8.35. The lowest BCUT2D eigenvalue weighted by molar-refractivity contribution is -0.167. The average molecular weight is 285 g/mol. The summed E-state index contributed by atoms with van der Waals surface area (Å²) in [6.07, 6.45) is 1.68. The Morgan fingerprint density at radius 1 is 1.00 bits per heavy atom. The van der Waals surface area contributed by atoms with Crippen LogP contribution >= 0.6 is 0 Å². The zero-order chi connectivity index (χ0) is 15.8. The van der Waals surface area contributed by atoms with Crippen LogP contribution < -0.4 is 5.32 Å². The Morgan fingerprint density at radius 2 is 1.45 bits per heavy atom. The number of amides is 1. The number of esters is 2. The molecule has 0 bridgehead atoms. The van der Waals surface area contributed by atoms with Crippen molar-refractivity contribution in [1.82, 2.24) is 5.32 Å². The number of hydrogen-bond acceptors (Lipinski definition) is 5. The maximum Gasteiger partial charge on any atom is 0.344 e. The van der Waals surface area contributed by atoms with Gasteiger partial charge in [0.15, 0.2) is 0 Å². The van der Waals surface area contributed by atoms with Crippen LogP contribution in [0.15, 0.2) is 11.6 Å². The van der Waals surface area contributed by atoms with E-state index in [2.05, 4.69) is 5.32 Å². The molecule has 0 atom stereocenters. The summed E-state index contributed by atoms with van der Waals surface area (Å²) in [6, 6.07) is 0. The highest BCUT2D eigenvalue weighted by Gasteiger charge is 2.49. The molecule has 0 heterocycles. The van der Waals surface area contributed by atoms with Gasteiger partial charge in [-0.2, -0.15) is 0 Å². The second kappa shape index (κ2) is 8.35. The van der Waals surface area contributed by atoms with E-state index >= 15 is 0 Å². The molecule has 6 heteroatoms. The molecule has 6 nitrogen and oxygen atoms in total. The van der Waals surface area contributed by atoms with E-state index in [1.807, 2.05) is 13.8 Å². The van der Waals surface area contributed by atoms with Crippen molar-refractivity contribution in [2.45, 2.75) is 46.6 Å². The first kappa shape index (κ1) is 18.1. The van der Waals surface area contributed by atoms with Crippen molar-refractivity contribution in [2.24, 2.45) is 0 Å². The number of allylic oxidation sites excluding steroid dienone is 1. The molecule has 0 aliphatic heterocycles. The van der Waals surface area contributed by atoms with Crippen LogP contribution in [-0.4, -0.2) is 36.6 Å². The fraction of sp³-hybridized carbons (Fsp3) is 0.643. The lowest BCUT2D eigenvalue weighted by atomic mass is 9.93. The predicted molar refractivity (Wildman–Crippen MR) is 73.9 cm³/mol. The van der Waals surface area contributed by atoms with Gasteiger partial charge in [0.2, 0.25) is 11.4 Å². The largest absolute Gasteiger partial charge is 0.464 e. The molecule has 0 saturated carbocycles. The van der Waals surface area contributed by atoms with Gasteiger partial charge in [0, 0.05) is 13.3 Å². The van der Waals surface area contributed by atoms with Crippen LogP contribution in [0.4, 0.5) is 0 Å². The third kappa shape index (κ3) is 5.03. The molecule has 1 amide bonds. The lowest BCUT2D eigenvalue weighted by Gasteiger charge is -2.28. The highest BCUT2D eigenvalue weighted by Crippen LogP contribution is 2.18. The fourth-order valence-corrected chi connectivity index (χ4v) is 1.57. The molecule has 0 aromatic carbocycles. The van der Waals surface area contributed by atoms with Crippen LogP contribution in [0.2, 0.25) is 0 Å². The van der Waals surface area contributed by atoms with Crippen LogP contribution in [0.5, 0.6) is 0 Å². The van der Waals surface area contributed by atoms with Gasteiger partial charge in [-0.15, -0.1) is 0 Å². The standard InChI is InChI=1S/C14H23NO5/c1-6-19-12(17)14(15-11(5)16,9-8-10(3)4)13(18)20-7-2/h8H,6-7,9H2,1-5H3,(H,15,16). The monoisotopic (exact) mass is 285 g/mol. The summed E-state index contributed by atoms with van der Waals surface area (Å²) < 4.78 is 9.85. The van der Waals surface area contributed by atoms with Gasteiger partial charge in [-0.25, -0.2) is 9.59 Å². The van der Waals surface area contributed by atoms with Crippen LogP contribution in [0.1, 0.15) is 41.0 Å². The zero-order valence-electron chi connectivity index (χ0n) is 12.7. The minimum absolute atomic E-state index is 0.00736. The maximum atomic E-state index is 12.2. The normalized spacial score (nSPS) is 10.4. The SMILES string of the molecule is CCOC(=O)C(CC=C(C)C)(NC(C)=O)C(=O)OCC. The summed E-state index contributed by atoms with van der Waals surface area (Å²) in [4.78, 5) is 35.7. The van der Waals surface area contributed by atoms with Gasteiger partial charge in [-0.05, 0) is 27.7 Å². The summed E-state index contributed by atoms with van der Waals surface area (Å²) in [5.41, 5.74) is -0.914. The summed E-state index contributed by atoms with van der Waals surface area (Å²) in [7, 11) is 0. The van der Waals surface area contributed by atoms with Crippen LogP contribution in [-0.2, 0) is 23.9 Å². The van der Waals surface area contributed by atoms with Gasteiger partial charge in [-0.3, -0.25) is 4.79 Å². The van der Waals surface area contributed by atoms with E-state index in [1.165, 1.54) is 6.92 Å². The predicted octanol–water partition coefficient (Wildman–Crippen LogP) is 1.34.